The van der Waals surface area contributed by atoms with Gasteiger partial charge < -0.3 is 15.4 Å². The van der Waals surface area contributed by atoms with E-state index in [1.54, 1.807) is 29.2 Å². The first kappa shape index (κ1) is 22.2. The van der Waals surface area contributed by atoms with Gasteiger partial charge in [0, 0.05) is 19.1 Å². The molecule has 0 radical (unpaired) electrons. The zero-order chi connectivity index (χ0) is 24.4. The lowest BCUT2D eigenvalue weighted by Crippen LogP contribution is -2.40. The van der Waals surface area contributed by atoms with E-state index < -0.39 is 0 Å². The summed E-state index contributed by atoms with van der Waals surface area (Å²) in [6.07, 6.45) is 2.69. The number of nitrogen functional groups attached to an aromatic ring is 1. The van der Waals surface area contributed by atoms with Crippen molar-refractivity contribution in [3.05, 3.63) is 71.4 Å². The van der Waals surface area contributed by atoms with Gasteiger partial charge in [-0.25, -0.2) is 14.8 Å². The molecule has 10 heteroatoms. The largest absolute Gasteiger partial charge is 0.457 e. The number of amides is 1. The Morgan fingerprint density at radius 1 is 1.11 bits per heavy atom. The lowest BCUT2D eigenvalue weighted by Gasteiger charge is -2.24. The first-order chi connectivity index (χ1) is 17.1. The van der Waals surface area contributed by atoms with Gasteiger partial charge >= 0.3 is 5.69 Å². The van der Waals surface area contributed by atoms with Crippen LogP contribution in [0.25, 0.3) is 16.9 Å². The van der Waals surface area contributed by atoms with Crippen LogP contribution in [0, 0.1) is 11.3 Å². The van der Waals surface area contributed by atoms with Gasteiger partial charge in [0.25, 0.3) is 0 Å². The second-order valence-electron chi connectivity index (χ2n) is 8.29. The van der Waals surface area contributed by atoms with Crippen LogP contribution in [0.2, 0.25) is 0 Å². The highest BCUT2D eigenvalue weighted by Crippen LogP contribution is 2.26. The number of likely N-dealkylation sites (tertiary alicyclic amines) is 1. The number of rotatable bonds is 6. The summed E-state index contributed by atoms with van der Waals surface area (Å²) in [5.74, 6) is 1.28. The number of fused-ring (bicyclic) bond motifs is 1. The van der Waals surface area contributed by atoms with Crippen LogP contribution in [0.3, 0.4) is 0 Å². The van der Waals surface area contributed by atoms with Gasteiger partial charge in [0.1, 0.15) is 29.8 Å². The minimum atomic E-state index is -0.330. The number of nitrogens with zero attached hydrogens (tertiary/aromatic N) is 6. The molecule has 2 aromatic heterocycles. The molecule has 2 aromatic carbocycles. The molecule has 1 amide bonds. The SMILES string of the molecule is N#CCC(=O)N1CCCC1Cn1c(=O)n(-c2ccc(Oc3ccccc3)cc2)c2c(N)ncnc21. The van der Waals surface area contributed by atoms with Crippen LogP contribution in [0.5, 0.6) is 11.5 Å². The Hall–Kier alpha value is -4.65. The number of hydrogen-bond acceptors (Lipinski definition) is 7. The van der Waals surface area contributed by atoms with Gasteiger partial charge in [-0.2, -0.15) is 5.26 Å². The first-order valence-electron chi connectivity index (χ1n) is 11.3. The van der Waals surface area contributed by atoms with Gasteiger partial charge in [0.05, 0.1) is 11.8 Å². The van der Waals surface area contributed by atoms with Crippen molar-refractivity contribution in [2.24, 2.45) is 0 Å². The van der Waals surface area contributed by atoms with Gasteiger partial charge in [0.2, 0.25) is 5.91 Å². The number of carbonyl (C=O) groups excluding carboxylic acids is 1. The van der Waals surface area contributed by atoms with E-state index in [0.29, 0.717) is 34.9 Å². The summed E-state index contributed by atoms with van der Waals surface area (Å²) in [4.78, 5) is 36.1. The maximum Gasteiger partial charge on any atom is 0.335 e. The summed E-state index contributed by atoms with van der Waals surface area (Å²) >= 11 is 0. The fourth-order valence-corrected chi connectivity index (χ4v) is 4.53. The standard InChI is InChI=1S/C25H23N7O3/c26-13-12-21(33)30-14-4-5-18(30)15-31-24-22(23(27)28-16-29-24)32(25(31)34)17-8-10-20(11-9-17)35-19-6-2-1-3-7-19/h1-3,6-11,16,18H,4-5,12,14-15H2,(H2,27,28,29). The Labute approximate surface area is 200 Å². The highest BCUT2D eigenvalue weighted by Gasteiger charge is 2.30. The predicted octanol–water partition coefficient (Wildman–Crippen LogP) is 2.86. The third-order valence-electron chi connectivity index (χ3n) is 6.13. The van der Waals surface area contributed by atoms with Gasteiger partial charge in [-0.1, -0.05) is 18.2 Å². The molecule has 0 saturated carbocycles. The van der Waals surface area contributed by atoms with Gasteiger partial charge in [-0.05, 0) is 49.2 Å². The van der Waals surface area contributed by atoms with Crippen LogP contribution in [0.1, 0.15) is 19.3 Å². The molecule has 3 heterocycles. The van der Waals surface area contributed by atoms with Crippen LogP contribution in [-0.2, 0) is 11.3 Å². The van der Waals surface area contributed by atoms with Crippen molar-refractivity contribution < 1.29 is 9.53 Å². The van der Waals surface area contributed by atoms with Crippen LogP contribution < -0.4 is 16.2 Å². The average Bonchev–Trinajstić information content (AvgIpc) is 3.44. The molecule has 0 spiro atoms. The smallest absolute Gasteiger partial charge is 0.335 e. The molecule has 2 N–H and O–H groups in total. The highest BCUT2D eigenvalue weighted by atomic mass is 16.5. The van der Waals surface area contributed by atoms with Gasteiger partial charge in [-0.3, -0.25) is 13.9 Å². The summed E-state index contributed by atoms with van der Waals surface area (Å²) in [5.41, 5.74) is 7.24. The lowest BCUT2D eigenvalue weighted by atomic mass is 10.2. The molecular formula is C25H23N7O3. The minimum Gasteiger partial charge on any atom is -0.457 e. The fraction of sp³-hybridized carbons (Fsp3) is 0.240. The number of imidazole rings is 1. The van der Waals surface area contributed by atoms with E-state index in [0.717, 1.165) is 12.8 Å². The van der Waals surface area contributed by atoms with Gasteiger partial charge in [-0.15, -0.1) is 0 Å². The molecular weight excluding hydrogens is 446 g/mol. The van der Waals surface area contributed by atoms with Crippen molar-refractivity contribution in [1.82, 2.24) is 24.0 Å². The van der Waals surface area contributed by atoms with Crippen LogP contribution in [0.4, 0.5) is 5.82 Å². The summed E-state index contributed by atoms with van der Waals surface area (Å²) in [7, 11) is 0. The average molecular weight is 470 g/mol. The zero-order valence-corrected chi connectivity index (χ0v) is 18.9. The number of nitrogens with two attached hydrogens (primary N) is 1. The molecule has 0 bridgehead atoms. The summed E-state index contributed by atoms with van der Waals surface area (Å²) in [6, 6.07) is 18.2. The number of aromatic nitrogens is 4. The van der Waals surface area contributed by atoms with E-state index in [1.807, 2.05) is 36.4 Å². The Kier molecular flexibility index (Phi) is 5.89. The molecule has 10 nitrogen and oxygen atoms in total. The lowest BCUT2D eigenvalue weighted by molar-refractivity contribution is -0.131. The van der Waals surface area contributed by atoms with E-state index in [-0.39, 0.29) is 36.4 Å². The number of carbonyl (C=O) groups is 1. The van der Waals surface area contributed by atoms with E-state index >= 15 is 0 Å². The minimum absolute atomic E-state index is 0.180. The molecule has 4 aromatic rings. The molecule has 5 rings (SSSR count). The van der Waals surface area contributed by atoms with E-state index in [2.05, 4.69) is 9.97 Å². The Morgan fingerprint density at radius 2 is 1.86 bits per heavy atom. The van der Waals surface area contributed by atoms with Crippen molar-refractivity contribution >= 4 is 22.9 Å². The Bertz CT molecular complexity index is 1470. The molecule has 1 aliphatic rings. The normalized spacial score (nSPS) is 15.3. The maximum atomic E-state index is 13.6. The van der Waals surface area contributed by atoms with Crippen molar-refractivity contribution in [1.29, 1.82) is 5.26 Å². The van der Waals surface area contributed by atoms with E-state index in [1.165, 1.54) is 15.5 Å². The third-order valence-corrected chi connectivity index (χ3v) is 6.13. The predicted molar refractivity (Wildman–Crippen MR) is 129 cm³/mol. The van der Waals surface area contributed by atoms with Crippen LogP contribution in [0.15, 0.2) is 65.7 Å². The second-order valence-corrected chi connectivity index (χ2v) is 8.29. The van der Waals surface area contributed by atoms with Crippen molar-refractivity contribution in [3.63, 3.8) is 0 Å². The fourth-order valence-electron chi connectivity index (χ4n) is 4.53. The number of anilines is 1. The van der Waals surface area contributed by atoms with Gasteiger partial charge in [0.15, 0.2) is 11.5 Å². The molecule has 1 unspecified atom stereocenters. The summed E-state index contributed by atoms with van der Waals surface area (Å²) in [6.45, 7) is 0.823. The Balaban J connectivity index is 1.51. The third kappa shape index (κ3) is 4.19. The second kappa shape index (κ2) is 9.30. The molecule has 1 fully saturated rings. The quantitative estimate of drug-likeness (QED) is 0.459. The van der Waals surface area contributed by atoms with Crippen molar-refractivity contribution in [3.8, 4) is 23.3 Å². The summed E-state index contributed by atoms with van der Waals surface area (Å²) < 4.78 is 8.87. The topological polar surface area (TPSA) is 132 Å². The number of benzene rings is 2. The van der Waals surface area contributed by atoms with E-state index in [4.69, 9.17) is 15.7 Å². The molecule has 35 heavy (non-hydrogen) atoms. The molecule has 1 aliphatic heterocycles. The maximum absolute atomic E-state index is 13.6. The summed E-state index contributed by atoms with van der Waals surface area (Å²) in [5, 5.41) is 8.92. The van der Waals surface area contributed by atoms with Crippen molar-refractivity contribution in [2.75, 3.05) is 12.3 Å². The molecule has 0 aliphatic carbocycles. The Morgan fingerprint density at radius 3 is 2.60 bits per heavy atom. The number of hydrogen-bond donors (Lipinski definition) is 1. The molecule has 1 saturated heterocycles. The number of nitriles is 1. The highest BCUT2D eigenvalue weighted by molar-refractivity contribution is 5.84. The number of ether oxygens (including phenoxy) is 1. The van der Waals surface area contributed by atoms with Crippen LogP contribution in [-0.4, -0.2) is 42.5 Å². The molecule has 1 atom stereocenters. The number of para-hydroxylation sites is 1. The molecule has 176 valence electrons. The van der Waals surface area contributed by atoms with E-state index in [9.17, 15) is 9.59 Å². The van der Waals surface area contributed by atoms with Crippen molar-refractivity contribution in [2.45, 2.75) is 31.8 Å². The monoisotopic (exact) mass is 469 g/mol. The first-order valence-corrected chi connectivity index (χ1v) is 11.3. The zero-order valence-electron chi connectivity index (χ0n) is 18.9. The van der Waals surface area contributed by atoms with Crippen LogP contribution >= 0.6 is 0 Å².